The second kappa shape index (κ2) is 9.60. The van der Waals surface area contributed by atoms with Gasteiger partial charge in [0.05, 0.1) is 7.11 Å². The van der Waals surface area contributed by atoms with E-state index in [0.29, 0.717) is 18.1 Å². The van der Waals surface area contributed by atoms with Gasteiger partial charge in [0.15, 0.2) is 11.5 Å². The summed E-state index contributed by atoms with van der Waals surface area (Å²) in [5.41, 5.74) is 4.89. The van der Waals surface area contributed by atoms with Crippen molar-refractivity contribution in [1.29, 1.82) is 0 Å². The Labute approximate surface area is 171 Å². The summed E-state index contributed by atoms with van der Waals surface area (Å²) < 4.78 is 11.3. The van der Waals surface area contributed by atoms with Gasteiger partial charge in [0.25, 0.3) is 0 Å². The van der Waals surface area contributed by atoms with Crippen LogP contribution in [0.25, 0.3) is 6.08 Å². The summed E-state index contributed by atoms with van der Waals surface area (Å²) in [6, 6.07) is 21.5. The van der Waals surface area contributed by atoms with Crippen LogP contribution >= 0.6 is 0 Å². The van der Waals surface area contributed by atoms with Gasteiger partial charge in [-0.1, -0.05) is 48.5 Å². The van der Waals surface area contributed by atoms with Crippen molar-refractivity contribution in [3.05, 3.63) is 95.1 Å². The Morgan fingerprint density at radius 3 is 2.52 bits per heavy atom. The molecule has 0 aliphatic heterocycles. The number of benzene rings is 3. The van der Waals surface area contributed by atoms with Crippen molar-refractivity contribution in [2.24, 2.45) is 0 Å². The fraction of sp³-hybridized carbons (Fsp3) is 0.160. The third-order valence-electron chi connectivity index (χ3n) is 4.50. The predicted molar refractivity (Wildman–Crippen MR) is 117 cm³/mol. The molecule has 3 aromatic rings. The zero-order valence-corrected chi connectivity index (χ0v) is 16.9. The van der Waals surface area contributed by atoms with Crippen molar-refractivity contribution >= 4 is 17.7 Å². The summed E-state index contributed by atoms with van der Waals surface area (Å²) in [7, 11) is 1.60. The molecule has 1 N–H and O–H groups in total. The standard InChI is InChI=1S/C25H25NO3/c1-18-9-10-19(2)22(15-18)26-25(27)14-12-20-11-13-23(24(16-20)28-3)29-17-21-7-5-4-6-8-21/h4-16H,17H2,1-3H3,(H,26,27). The van der Waals surface area contributed by atoms with Crippen LogP contribution in [0.1, 0.15) is 22.3 Å². The molecule has 4 heteroatoms. The summed E-state index contributed by atoms with van der Waals surface area (Å²) in [5.74, 6) is 1.11. The van der Waals surface area contributed by atoms with Crippen molar-refractivity contribution in [3.8, 4) is 11.5 Å². The SMILES string of the molecule is COc1cc(C=CC(=O)Nc2cc(C)ccc2C)ccc1OCc1ccccc1. The molecule has 148 valence electrons. The van der Waals surface area contributed by atoms with Gasteiger partial charge in [0.2, 0.25) is 5.91 Å². The number of hydrogen-bond acceptors (Lipinski definition) is 3. The van der Waals surface area contributed by atoms with Crippen LogP contribution in [0.5, 0.6) is 11.5 Å². The maximum atomic E-state index is 12.3. The van der Waals surface area contributed by atoms with Gasteiger partial charge in [-0.3, -0.25) is 4.79 Å². The average Bonchev–Trinajstić information content (AvgIpc) is 2.74. The van der Waals surface area contributed by atoms with Crippen LogP contribution < -0.4 is 14.8 Å². The number of carbonyl (C=O) groups excluding carboxylic acids is 1. The lowest BCUT2D eigenvalue weighted by Gasteiger charge is -2.11. The molecule has 0 unspecified atom stereocenters. The third kappa shape index (κ3) is 5.72. The third-order valence-corrected chi connectivity index (χ3v) is 4.50. The van der Waals surface area contributed by atoms with Gasteiger partial charge in [0.1, 0.15) is 6.61 Å². The zero-order valence-electron chi connectivity index (χ0n) is 16.9. The Morgan fingerprint density at radius 1 is 0.966 bits per heavy atom. The molecule has 0 atom stereocenters. The molecule has 3 aromatic carbocycles. The first-order valence-electron chi connectivity index (χ1n) is 9.46. The summed E-state index contributed by atoms with van der Waals surface area (Å²) in [6.45, 7) is 4.43. The van der Waals surface area contributed by atoms with Crippen molar-refractivity contribution in [2.45, 2.75) is 20.5 Å². The molecule has 0 spiro atoms. The molecule has 1 amide bonds. The zero-order chi connectivity index (χ0) is 20.6. The van der Waals surface area contributed by atoms with E-state index in [2.05, 4.69) is 5.32 Å². The quantitative estimate of drug-likeness (QED) is 0.541. The van der Waals surface area contributed by atoms with Gasteiger partial charge in [-0.2, -0.15) is 0 Å². The van der Waals surface area contributed by atoms with Crippen LogP contribution in [0.3, 0.4) is 0 Å². The minimum atomic E-state index is -0.179. The van der Waals surface area contributed by atoms with E-state index in [1.54, 1.807) is 13.2 Å². The van der Waals surface area contributed by atoms with Gasteiger partial charge in [-0.05, 0) is 60.4 Å². The highest BCUT2D eigenvalue weighted by atomic mass is 16.5. The Balaban J connectivity index is 1.66. The van der Waals surface area contributed by atoms with E-state index in [0.717, 1.165) is 27.9 Å². The lowest BCUT2D eigenvalue weighted by atomic mass is 10.1. The fourth-order valence-corrected chi connectivity index (χ4v) is 2.86. The highest BCUT2D eigenvalue weighted by molar-refractivity contribution is 6.02. The molecule has 0 saturated heterocycles. The van der Waals surface area contributed by atoms with E-state index >= 15 is 0 Å². The van der Waals surface area contributed by atoms with Crippen LogP contribution in [0.15, 0.2) is 72.8 Å². The minimum Gasteiger partial charge on any atom is -0.493 e. The lowest BCUT2D eigenvalue weighted by molar-refractivity contribution is -0.111. The predicted octanol–water partition coefficient (Wildman–Crippen LogP) is 5.54. The van der Waals surface area contributed by atoms with Crippen LogP contribution in [0, 0.1) is 13.8 Å². The van der Waals surface area contributed by atoms with Crippen LogP contribution in [0.2, 0.25) is 0 Å². The molecule has 0 bridgehead atoms. The number of anilines is 1. The second-order valence-electron chi connectivity index (χ2n) is 6.83. The van der Waals surface area contributed by atoms with Crippen LogP contribution in [-0.4, -0.2) is 13.0 Å². The monoisotopic (exact) mass is 387 g/mol. The largest absolute Gasteiger partial charge is 0.493 e. The first kappa shape index (κ1) is 20.2. The topological polar surface area (TPSA) is 47.6 Å². The number of rotatable bonds is 7. The smallest absolute Gasteiger partial charge is 0.248 e. The first-order valence-corrected chi connectivity index (χ1v) is 9.46. The maximum Gasteiger partial charge on any atom is 0.248 e. The molecule has 0 heterocycles. The number of nitrogens with one attached hydrogen (secondary N) is 1. The van der Waals surface area contributed by atoms with Gasteiger partial charge >= 0.3 is 0 Å². The van der Waals surface area contributed by atoms with Crippen molar-refractivity contribution in [2.75, 3.05) is 12.4 Å². The second-order valence-corrected chi connectivity index (χ2v) is 6.83. The summed E-state index contributed by atoms with van der Waals surface area (Å²) in [5, 5.41) is 2.92. The van der Waals surface area contributed by atoms with E-state index in [1.807, 2.05) is 80.6 Å². The maximum absolute atomic E-state index is 12.3. The highest BCUT2D eigenvalue weighted by Crippen LogP contribution is 2.29. The van der Waals surface area contributed by atoms with E-state index in [9.17, 15) is 4.79 Å². The Morgan fingerprint density at radius 2 is 1.76 bits per heavy atom. The minimum absolute atomic E-state index is 0.179. The average molecular weight is 387 g/mol. The molecule has 0 saturated carbocycles. The van der Waals surface area contributed by atoms with E-state index < -0.39 is 0 Å². The lowest BCUT2D eigenvalue weighted by Crippen LogP contribution is -2.09. The number of aryl methyl sites for hydroxylation is 2. The molecular formula is C25H25NO3. The Kier molecular flexibility index (Phi) is 6.69. The number of amides is 1. The molecule has 0 fully saturated rings. The van der Waals surface area contributed by atoms with Gasteiger partial charge in [-0.15, -0.1) is 0 Å². The summed E-state index contributed by atoms with van der Waals surface area (Å²) in [4.78, 5) is 12.3. The van der Waals surface area contributed by atoms with Crippen molar-refractivity contribution in [1.82, 2.24) is 0 Å². The van der Waals surface area contributed by atoms with E-state index in [1.165, 1.54) is 6.08 Å². The number of methoxy groups -OCH3 is 1. The molecule has 4 nitrogen and oxygen atoms in total. The van der Waals surface area contributed by atoms with Crippen molar-refractivity contribution < 1.29 is 14.3 Å². The molecule has 0 radical (unpaired) electrons. The molecule has 0 aliphatic carbocycles. The fourth-order valence-electron chi connectivity index (χ4n) is 2.86. The van der Waals surface area contributed by atoms with Crippen LogP contribution in [0.4, 0.5) is 5.69 Å². The highest BCUT2D eigenvalue weighted by Gasteiger charge is 2.06. The Bertz CT molecular complexity index is 1010. The van der Waals surface area contributed by atoms with Gasteiger partial charge in [0, 0.05) is 11.8 Å². The van der Waals surface area contributed by atoms with Gasteiger partial charge < -0.3 is 14.8 Å². The molecule has 3 rings (SSSR count). The first-order chi connectivity index (χ1) is 14.0. The molecule has 0 aliphatic rings. The van der Waals surface area contributed by atoms with Crippen molar-refractivity contribution in [3.63, 3.8) is 0 Å². The summed E-state index contributed by atoms with van der Waals surface area (Å²) in [6.07, 6.45) is 3.27. The molecule has 0 aromatic heterocycles. The van der Waals surface area contributed by atoms with Gasteiger partial charge in [-0.25, -0.2) is 0 Å². The van der Waals surface area contributed by atoms with E-state index in [4.69, 9.17) is 9.47 Å². The van der Waals surface area contributed by atoms with E-state index in [-0.39, 0.29) is 5.91 Å². The number of hydrogen-bond donors (Lipinski definition) is 1. The summed E-state index contributed by atoms with van der Waals surface area (Å²) >= 11 is 0. The number of ether oxygens (including phenoxy) is 2. The normalized spacial score (nSPS) is 10.7. The Hall–Kier alpha value is -3.53. The number of carbonyl (C=O) groups is 1. The van der Waals surface area contributed by atoms with Crippen LogP contribution in [-0.2, 0) is 11.4 Å². The molecule has 29 heavy (non-hydrogen) atoms. The molecular weight excluding hydrogens is 362 g/mol.